The van der Waals surface area contributed by atoms with Crippen molar-refractivity contribution in [3.63, 3.8) is 0 Å². The summed E-state index contributed by atoms with van der Waals surface area (Å²) in [6.07, 6.45) is 2.81. The standard InChI is InChI=1S/C16H12F2O/c1-11-2-4-12(5-3-11)6-9-16(19)14-10-13(17)7-8-15(14)18/h2-10H,1H3/b9-6+. The first kappa shape index (κ1) is 13.1. The Hall–Kier alpha value is -2.29. The smallest absolute Gasteiger partial charge is 0.188 e. The van der Waals surface area contributed by atoms with Crippen molar-refractivity contribution in [2.75, 3.05) is 0 Å². The predicted octanol–water partition coefficient (Wildman–Crippen LogP) is 4.17. The van der Waals surface area contributed by atoms with Gasteiger partial charge in [0.05, 0.1) is 5.56 Å². The average Bonchev–Trinajstić information content (AvgIpc) is 2.40. The summed E-state index contributed by atoms with van der Waals surface area (Å²) in [6, 6.07) is 10.3. The number of halogens is 2. The SMILES string of the molecule is Cc1ccc(/C=C/C(=O)c2cc(F)ccc2F)cc1. The summed E-state index contributed by atoms with van der Waals surface area (Å²) in [5.74, 6) is -1.91. The molecular formula is C16H12F2O. The van der Waals surface area contributed by atoms with Gasteiger partial charge in [-0.2, -0.15) is 0 Å². The zero-order valence-corrected chi connectivity index (χ0v) is 10.4. The highest BCUT2D eigenvalue weighted by Gasteiger charge is 2.09. The van der Waals surface area contributed by atoms with E-state index in [-0.39, 0.29) is 5.56 Å². The van der Waals surface area contributed by atoms with Gasteiger partial charge in [0.2, 0.25) is 0 Å². The summed E-state index contributed by atoms with van der Waals surface area (Å²) in [5.41, 5.74) is 1.68. The van der Waals surface area contributed by atoms with E-state index in [0.717, 1.165) is 29.3 Å². The Bertz CT molecular complexity index is 628. The van der Waals surface area contributed by atoms with Crippen LogP contribution >= 0.6 is 0 Å². The van der Waals surface area contributed by atoms with Crippen LogP contribution in [0.4, 0.5) is 8.78 Å². The molecule has 2 aromatic carbocycles. The molecule has 2 aromatic rings. The summed E-state index contributed by atoms with van der Waals surface area (Å²) >= 11 is 0. The molecule has 0 spiro atoms. The van der Waals surface area contributed by atoms with E-state index >= 15 is 0 Å². The fraction of sp³-hybridized carbons (Fsp3) is 0.0625. The first-order valence-electron chi connectivity index (χ1n) is 5.80. The molecule has 96 valence electrons. The van der Waals surface area contributed by atoms with E-state index in [4.69, 9.17) is 0 Å². The lowest BCUT2D eigenvalue weighted by Gasteiger charge is -1.99. The van der Waals surface area contributed by atoms with Gasteiger partial charge in [-0.05, 0) is 36.8 Å². The van der Waals surface area contributed by atoms with Gasteiger partial charge in [0, 0.05) is 0 Å². The summed E-state index contributed by atoms with van der Waals surface area (Å²) in [7, 11) is 0. The number of ketones is 1. The van der Waals surface area contributed by atoms with Crippen LogP contribution in [0.25, 0.3) is 6.08 Å². The zero-order chi connectivity index (χ0) is 13.8. The zero-order valence-electron chi connectivity index (χ0n) is 10.4. The molecule has 0 aromatic heterocycles. The lowest BCUT2D eigenvalue weighted by molar-refractivity contribution is 0.104. The van der Waals surface area contributed by atoms with E-state index < -0.39 is 17.4 Å². The maximum atomic E-state index is 13.4. The molecule has 0 saturated heterocycles. The van der Waals surface area contributed by atoms with Gasteiger partial charge in [0.1, 0.15) is 11.6 Å². The van der Waals surface area contributed by atoms with Crippen molar-refractivity contribution in [3.8, 4) is 0 Å². The van der Waals surface area contributed by atoms with Gasteiger partial charge in [0.25, 0.3) is 0 Å². The minimum atomic E-state index is -0.722. The van der Waals surface area contributed by atoms with Crippen molar-refractivity contribution < 1.29 is 13.6 Å². The topological polar surface area (TPSA) is 17.1 Å². The Balaban J connectivity index is 2.21. The van der Waals surface area contributed by atoms with Crippen LogP contribution in [0.3, 0.4) is 0 Å². The van der Waals surface area contributed by atoms with Crippen LogP contribution in [0.5, 0.6) is 0 Å². The molecule has 0 heterocycles. The normalized spacial score (nSPS) is 10.9. The Labute approximate surface area is 110 Å². The Morgan fingerprint density at radius 2 is 1.74 bits per heavy atom. The van der Waals surface area contributed by atoms with Crippen molar-refractivity contribution in [1.29, 1.82) is 0 Å². The fourth-order valence-corrected chi connectivity index (χ4v) is 1.63. The number of allylic oxidation sites excluding steroid dienone is 1. The van der Waals surface area contributed by atoms with E-state index in [0.29, 0.717) is 0 Å². The third-order valence-electron chi connectivity index (χ3n) is 2.70. The maximum absolute atomic E-state index is 13.4. The number of hydrogen-bond acceptors (Lipinski definition) is 1. The molecule has 1 nitrogen and oxygen atoms in total. The van der Waals surface area contributed by atoms with Crippen LogP contribution < -0.4 is 0 Å². The third kappa shape index (κ3) is 3.35. The molecule has 0 radical (unpaired) electrons. The Morgan fingerprint density at radius 1 is 1.05 bits per heavy atom. The molecule has 0 bridgehead atoms. The van der Waals surface area contributed by atoms with E-state index in [2.05, 4.69) is 0 Å². The van der Waals surface area contributed by atoms with Gasteiger partial charge in [-0.15, -0.1) is 0 Å². The molecule has 0 fully saturated rings. The molecule has 2 rings (SSSR count). The van der Waals surface area contributed by atoms with Crippen molar-refractivity contribution in [3.05, 3.63) is 76.9 Å². The second-order valence-electron chi connectivity index (χ2n) is 4.23. The first-order chi connectivity index (χ1) is 9.06. The van der Waals surface area contributed by atoms with E-state index in [9.17, 15) is 13.6 Å². The highest BCUT2D eigenvalue weighted by molar-refractivity contribution is 6.06. The Kier molecular flexibility index (Phi) is 3.85. The van der Waals surface area contributed by atoms with Crippen LogP contribution in [0.15, 0.2) is 48.5 Å². The van der Waals surface area contributed by atoms with Crippen LogP contribution in [0, 0.1) is 18.6 Å². The van der Waals surface area contributed by atoms with Gasteiger partial charge in [-0.25, -0.2) is 8.78 Å². The molecular weight excluding hydrogens is 246 g/mol. The molecule has 0 N–H and O–H groups in total. The number of aryl methyl sites for hydroxylation is 1. The first-order valence-corrected chi connectivity index (χ1v) is 5.80. The second-order valence-corrected chi connectivity index (χ2v) is 4.23. The number of benzene rings is 2. The van der Waals surface area contributed by atoms with Crippen molar-refractivity contribution in [2.24, 2.45) is 0 Å². The van der Waals surface area contributed by atoms with E-state index in [1.54, 1.807) is 6.08 Å². The molecule has 0 amide bonds. The largest absolute Gasteiger partial charge is 0.289 e. The van der Waals surface area contributed by atoms with E-state index in [1.165, 1.54) is 6.08 Å². The molecule has 19 heavy (non-hydrogen) atoms. The second kappa shape index (κ2) is 5.57. The van der Waals surface area contributed by atoms with Gasteiger partial charge in [0.15, 0.2) is 5.78 Å². The lowest BCUT2D eigenvalue weighted by atomic mass is 10.1. The monoisotopic (exact) mass is 258 g/mol. The predicted molar refractivity (Wildman–Crippen MR) is 70.9 cm³/mol. The van der Waals surface area contributed by atoms with Gasteiger partial charge < -0.3 is 0 Å². The van der Waals surface area contributed by atoms with Crippen molar-refractivity contribution in [2.45, 2.75) is 6.92 Å². The third-order valence-corrected chi connectivity index (χ3v) is 2.70. The summed E-state index contributed by atoms with van der Waals surface area (Å²) in [5, 5.41) is 0. The average molecular weight is 258 g/mol. The summed E-state index contributed by atoms with van der Waals surface area (Å²) < 4.78 is 26.3. The van der Waals surface area contributed by atoms with Crippen LogP contribution in [-0.2, 0) is 0 Å². The molecule has 0 aliphatic rings. The lowest BCUT2D eigenvalue weighted by Crippen LogP contribution is -1.99. The molecule has 0 atom stereocenters. The van der Waals surface area contributed by atoms with Crippen LogP contribution in [0.2, 0.25) is 0 Å². The number of rotatable bonds is 3. The van der Waals surface area contributed by atoms with E-state index in [1.807, 2.05) is 31.2 Å². The van der Waals surface area contributed by atoms with Gasteiger partial charge in [-0.1, -0.05) is 35.9 Å². The number of hydrogen-bond donors (Lipinski definition) is 0. The van der Waals surface area contributed by atoms with Crippen molar-refractivity contribution >= 4 is 11.9 Å². The molecule has 3 heteroatoms. The minimum Gasteiger partial charge on any atom is -0.289 e. The highest BCUT2D eigenvalue weighted by Crippen LogP contribution is 2.12. The number of carbonyl (C=O) groups excluding carboxylic acids is 1. The number of carbonyl (C=O) groups is 1. The maximum Gasteiger partial charge on any atom is 0.188 e. The summed E-state index contributed by atoms with van der Waals surface area (Å²) in [4.78, 5) is 11.8. The van der Waals surface area contributed by atoms with Crippen molar-refractivity contribution in [1.82, 2.24) is 0 Å². The molecule has 0 unspecified atom stereocenters. The minimum absolute atomic E-state index is 0.261. The molecule has 0 saturated carbocycles. The fourth-order valence-electron chi connectivity index (χ4n) is 1.63. The molecule has 0 aliphatic heterocycles. The van der Waals surface area contributed by atoms with Crippen LogP contribution in [-0.4, -0.2) is 5.78 Å². The molecule has 0 aliphatic carbocycles. The van der Waals surface area contributed by atoms with Gasteiger partial charge in [-0.3, -0.25) is 4.79 Å². The summed E-state index contributed by atoms with van der Waals surface area (Å²) in [6.45, 7) is 1.96. The Morgan fingerprint density at radius 3 is 2.42 bits per heavy atom. The highest BCUT2D eigenvalue weighted by atomic mass is 19.1. The van der Waals surface area contributed by atoms with Crippen LogP contribution in [0.1, 0.15) is 21.5 Å². The van der Waals surface area contributed by atoms with Gasteiger partial charge >= 0.3 is 0 Å². The quantitative estimate of drug-likeness (QED) is 0.596.